The molecule has 0 bridgehead atoms. The van der Waals surface area contributed by atoms with Gasteiger partial charge in [0.2, 0.25) is 11.8 Å². The fraction of sp³-hybridized carbons (Fsp3) is 0.200. The number of nitrogens with two attached hydrogens (primary N) is 1. The Labute approximate surface area is 180 Å². The van der Waals surface area contributed by atoms with Crippen LogP contribution in [0.3, 0.4) is 0 Å². The summed E-state index contributed by atoms with van der Waals surface area (Å²) in [6.45, 7) is 1.19. The molecule has 0 saturated carbocycles. The molecule has 0 aromatic heterocycles. The number of hydrogen-bond acceptors (Lipinski definition) is 7. The van der Waals surface area contributed by atoms with E-state index in [9.17, 15) is 28.0 Å². The summed E-state index contributed by atoms with van der Waals surface area (Å²) in [6, 6.07) is 5.72. The fourth-order valence-corrected chi connectivity index (χ4v) is 3.19. The number of ether oxygens (including phenoxy) is 2. The van der Waals surface area contributed by atoms with Crippen molar-refractivity contribution in [1.82, 2.24) is 5.32 Å². The van der Waals surface area contributed by atoms with Gasteiger partial charge in [-0.1, -0.05) is 6.07 Å². The van der Waals surface area contributed by atoms with Crippen molar-refractivity contribution < 1.29 is 37.4 Å². The predicted molar refractivity (Wildman–Crippen MR) is 108 cm³/mol. The molecule has 11 heteroatoms. The highest BCUT2D eigenvalue weighted by atomic mass is 32.2. The Bertz CT molecular complexity index is 1030. The summed E-state index contributed by atoms with van der Waals surface area (Å²) in [6.07, 6.45) is 0. The highest BCUT2D eigenvalue weighted by Gasteiger charge is 2.22. The van der Waals surface area contributed by atoms with Crippen molar-refractivity contribution in [3.05, 3.63) is 53.6 Å². The number of rotatable bonds is 7. The zero-order chi connectivity index (χ0) is 23.1. The molecule has 3 N–H and O–H groups in total. The van der Waals surface area contributed by atoms with E-state index in [0.29, 0.717) is 17.8 Å². The van der Waals surface area contributed by atoms with Crippen molar-refractivity contribution in [1.29, 1.82) is 0 Å². The fourth-order valence-electron chi connectivity index (χ4n) is 2.49. The molecule has 0 heterocycles. The van der Waals surface area contributed by atoms with Gasteiger partial charge >= 0.3 is 11.3 Å². The first-order valence-electron chi connectivity index (χ1n) is 8.71. The van der Waals surface area contributed by atoms with Crippen molar-refractivity contribution in [2.45, 2.75) is 13.0 Å². The molecule has 0 radical (unpaired) electrons. The van der Waals surface area contributed by atoms with Crippen LogP contribution in [0, 0.1) is 11.6 Å². The Hall–Kier alpha value is -3.47. The lowest BCUT2D eigenvalue weighted by molar-refractivity contribution is -0.125. The minimum Gasteiger partial charge on any atom is -0.465 e. The van der Waals surface area contributed by atoms with E-state index < -0.39 is 40.8 Å². The second-order valence-corrected chi connectivity index (χ2v) is 7.10. The molecule has 0 saturated heterocycles. The summed E-state index contributed by atoms with van der Waals surface area (Å²) in [5, 5.41) is 1.41. The molecule has 31 heavy (non-hydrogen) atoms. The van der Waals surface area contributed by atoms with Crippen molar-refractivity contribution >= 4 is 34.8 Å². The lowest BCUT2D eigenvalue weighted by Gasteiger charge is -2.14. The highest BCUT2D eigenvalue weighted by molar-refractivity contribution is 8.13. The lowest BCUT2D eigenvalue weighted by atomic mass is 10.0. The molecule has 8 nitrogen and oxygen atoms in total. The zero-order valence-electron chi connectivity index (χ0n) is 16.4. The average molecular weight is 452 g/mol. The van der Waals surface area contributed by atoms with Gasteiger partial charge in [0, 0.05) is 24.3 Å². The van der Waals surface area contributed by atoms with E-state index in [-0.39, 0.29) is 28.2 Å². The van der Waals surface area contributed by atoms with Gasteiger partial charge in [-0.25, -0.2) is 18.4 Å². The molecule has 2 aromatic carbocycles. The van der Waals surface area contributed by atoms with Gasteiger partial charge in [0.25, 0.3) is 0 Å². The molecule has 1 unspecified atom stereocenters. The molecular formula is C20H18F2N2O6S. The quantitative estimate of drug-likeness (QED) is 0.619. The van der Waals surface area contributed by atoms with E-state index in [1.54, 1.807) is 0 Å². The predicted octanol–water partition coefficient (Wildman–Crippen LogP) is 2.64. The molecule has 2 rings (SSSR count). The van der Waals surface area contributed by atoms with Crippen LogP contribution in [0.1, 0.15) is 17.3 Å². The van der Waals surface area contributed by atoms with E-state index >= 15 is 0 Å². The molecule has 164 valence electrons. The zero-order valence-corrected chi connectivity index (χ0v) is 17.3. The van der Waals surface area contributed by atoms with Crippen molar-refractivity contribution in [2.75, 3.05) is 12.9 Å². The van der Waals surface area contributed by atoms with Crippen molar-refractivity contribution in [2.24, 2.45) is 5.73 Å². The van der Waals surface area contributed by atoms with E-state index in [2.05, 4.69) is 10.1 Å². The number of nitrogens with one attached hydrogen (secondary N) is 1. The number of hydrogen-bond donors (Lipinski definition) is 2. The standard InChI is InChI=1S/C20H18F2N2O6S/c1-10(25)24-16(18(23)26)9-31-20(28)30-17-6-3-11(7-14(17)19(27)29-2)13-5-4-12(21)8-15(13)22/h3-8,16H,9H2,1-2H3,(H2,23,26)(H,24,25). The minimum atomic E-state index is -1.10. The molecule has 0 fully saturated rings. The molecule has 0 aliphatic carbocycles. The number of esters is 1. The van der Waals surface area contributed by atoms with Crippen LogP contribution in [-0.2, 0) is 14.3 Å². The number of carbonyl (C=O) groups is 4. The molecule has 2 amide bonds. The third-order valence-corrected chi connectivity index (χ3v) is 4.73. The minimum absolute atomic E-state index is 0.0263. The van der Waals surface area contributed by atoms with Gasteiger partial charge in [-0.3, -0.25) is 9.59 Å². The van der Waals surface area contributed by atoms with Gasteiger partial charge < -0.3 is 20.5 Å². The highest BCUT2D eigenvalue weighted by Crippen LogP contribution is 2.30. The monoisotopic (exact) mass is 452 g/mol. The Kier molecular flexibility index (Phi) is 8.08. The van der Waals surface area contributed by atoms with Gasteiger partial charge in [-0.15, -0.1) is 0 Å². The summed E-state index contributed by atoms with van der Waals surface area (Å²) in [5.41, 5.74) is 5.24. The number of primary amides is 1. The number of thioether (sulfide) groups is 1. The van der Waals surface area contributed by atoms with Gasteiger partial charge in [-0.05, 0) is 41.6 Å². The normalized spacial score (nSPS) is 11.4. The second-order valence-electron chi connectivity index (χ2n) is 6.15. The van der Waals surface area contributed by atoms with E-state index in [1.807, 2.05) is 0 Å². The van der Waals surface area contributed by atoms with Crippen LogP contribution in [0.5, 0.6) is 5.75 Å². The number of benzene rings is 2. The summed E-state index contributed by atoms with van der Waals surface area (Å²) >= 11 is 0.552. The third kappa shape index (κ3) is 6.51. The van der Waals surface area contributed by atoms with Gasteiger partial charge in [0.1, 0.15) is 29.0 Å². The van der Waals surface area contributed by atoms with Crippen LogP contribution in [0.2, 0.25) is 0 Å². The van der Waals surface area contributed by atoms with Crippen molar-refractivity contribution in [3.63, 3.8) is 0 Å². The molecule has 0 aliphatic rings. The second kappa shape index (κ2) is 10.5. The molecule has 0 aliphatic heterocycles. The molecular weight excluding hydrogens is 434 g/mol. The first-order valence-corrected chi connectivity index (χ1v) is 9.69. The Morgan fingerprint density at radius 3 is 2.42 bits per heavy atom. The first-order chi connectivity index (χ1) is 14.6. The van der Waals surface area contributed by atoms with E-state index in [0.717, 1.165) is 13.2 Å². The largest absolute Gasteiger partial charge is 0.465 e. The van der Waals surface area contributed by atoms with Crippen LogP contribution in [0.4, 0.5) is 13.6 Å². The summed E-state index contributed by atoms with van der Waals surface area (Å²) in [7, 11) is 1.11. The molecule has 2 aromatic rings. The Morgan fingerprint density at radius 2 is 1.84 bits per heavy atom. The summed E-state index contributed by atoms with van der Waals surface area (Å²) in [5.74, 6) is -4.17. The smallest absolute Gasteiger partial charge is 0.372 e. The lowest BCUT2D eigenvalue weighted by Crippen LogP contribution is -2.45. The van der Waals surface area contributed by atoms with Gasteiger partial charge in [0.15, 0.2) is 0 Å². The van der Waals surface area contributed by atoms with Gasteiger partial charge in [-0.2, -0.15) is 0 Å². The van der Waals surface area contributed by atoms with Crippen LogP contribution in [0.15, 0.2) is 36.4 Å². The van der Waals surface area contributed by atoms with Crippen LogP contribution >= 0.6 is 11.8 Å². The number of carbonyl (C=O) groups excluding carboxylic acids is 4. The summed E-state index contributed by atoms with van der Waals surface area (Å²) < 4.78 is 37.1. The average Bonchev–Trinajstić information content (AvgIpc) is 2.70. The Morgan fingerprint density at radius 1 is 1.13 bits per heavy atom. The van der Waals surface area contributed by atoms with Crippen LogP contribution in [-0.4, -0.2) is 42.0 Å². The molecule has 1 atom stereocenters. The van der Waals surface area contributed by atoms with Crippen molar-refractivity contribution in [3.8, 4) is 16.9 Å². The van der Waals surface area contributed by atoms with E-state index in [4.69, 9.17) is 10.5 Å². The maximum Gasteiger partial charge on any atom is 0.372 e. The Balaban J connectivity index is 2.23. The van der Waals surface area contributed by atoms with E-state index in [1.165, 1.54) is 31.2 Å². The number of halogens is 2. The maximum atomic E-state index is 14.1. The van der Waals surface area contributed by atoms with Crippen LogP contribution < -0.4 is 15.8 Å². The summed E-state index contributed by atoms with van der Waals surface area (Å²) in [4.78, 5) is 46.7. The van der Waals surface area contributed by atoms with Crippen LogP contribution in [0.25, 0.3) is 11.1 Å². The SMILES string of the molecule is COC(=O)c1cc(-c2ccc(F)cc2F)ccc1OC(=O)SCC(NC(C)=O)C(N)=O. The molecule has 0 spiro atoms. The number of methoxy groups -OCH3 is 1. The van der Waals surface area contributed by atoms with Gasteiger partial charge in [0.05, 0.1) is 7.11 Å². The maximum absolute atomic E-state index is 14.1. The first kappa shape index (κ1) is 23.8. The third-order valence-electron chi connectivity index (χ3n) is 3.91. The topological polar surface area (TPSA) is 125 Å². The number of amides is 2.